The van der Waals surface area contributed by atoms with Gasteiger partial charge in [-0.2, -0.15) is 0 Å². The molecule has 2 aromatic rings. The first kappa shape index (κ1) is 14.6. The molecule has 0 atom stereocenters. The van der Waals surface area contributed by atoms with Crippen molar-refractivity contribution in [3.8, 4) is 11.4 Å². The van der Waals surface area contributed by atoms with E-state index in [9.17, 15) is 0 Å². The average molecular weight is 269 g/mol. The summed E-state index contributed by atoms with van der Waals surface area (Å²) in [5.41, 5.74) is 1.07. The molecule has 0 aliphatic rings. The number of nitrogens with zero attached hydrogens (tertiary/aromatic N) is 3. The van der Waals surface area contributed by atoms with Crippen molar-refractivity contribution in [1.29, 1.82) is 0 Å². The lowest BCUT2D eigenvalue weighted by Gasteiger charge is -2.07. The lowest BCUT2D eigenvalue weighted by atomic mass is 10.2. The molecule has 3 heteroatoms. The van der Waals surface area contributed by atoms with Gasteiger partial charge in [0.15, 0.2) is 5.82 Å². The van der Waals surface area contributed by atoms with Crippen molar-refractivity contribution in [2.24, 2.45) is 0 Å². The Hall–Kier alpha value is -1.77. The Bertz CT molecular complexity index is 497. The zero-order chi connectivity index (χ0) is 14.2. The minimum absolute atomic E-state index is 0.817. The molecule has 1 heterocycles. The Morgan fingerprint density at radius 2 is 1.30 bits per heavy atom. The zero-order valence-electron chi connectivity index (χ0n) is 12.5. The zero-order valence-corrected chi connectivity index (χ0v) is 12.5. The van der Waals surface area contributed by atoms with Gasteiger partial charge in [-0.05, 0) is 12.8 Å². The van der Waals surface area contributed by atoms with E-state index in [2.05, 4.69) is 40.9 Å². The summed E-state index contributed by atoms with van der Waals surface area (Å²) in [7, 11) is 0. The highest BCUT2D eigenvalue weighted by Gasteiger charge is 2.08. The maximum absolute atomic E-state index is 4.63. The first-order valence-electron chi connectivity index (χ1n) is 7.62. The van der Waals surface area contributed by atoms with E-state index in [-0.39, 0.29) is 0 Å². The van der Waals surface area contributed by atoms with Crippen LogP contribution in [0.4, 0.5) is 0 Å². The molecule has 1 aromatic carbocycles. The molecule has 0 aliphatic carbocycles. The van der Waals surface area contributed by atoms with Gasteiger partial charge in [-0.15, -0.1) is 0 Å². The summed E-state index contributed by atoms with van der Waals surface area (Å²) >= 11 is 0. The molecule has 20 heavy (non-hydrogen) atoms. The summed E-state index contributed by atoms with van der Waals surface area (Å²) in [5, 5.41) is 0. The van der Waals surface area contributed by atoms with Gasteiger partial charge in [-0.3, -0.25) is 0 Å². The SMILES string of the molecule is CCCCc1nc(CCCC)nc(-c2ccccc2)n1. The van der Waals surface area contributed by atoms with Crippen molar-refractivity contribution in [2.75, 3.05) is 0 Å². The van der Waals surface area contributed by atoms with Crippen molar-refractivity contribution >= 4 is 0 Å². The lowest BCUT2D eigenvalue weighted by Crippen LogP contribution is -2.06. The van der Waals surface area contributed by atoms with Crippen molar-refractivity contribution < 1.29 is 0 Å². The fourth-order valence-corrected chi connectivity index (χ4v) is 2.08. The molecule has 0 spiro atoms. The molecule has 0 bridgehead atoms. The number of aromatic nitrogens is 3. The number of aryl methyl sites for hydroxylation is 2. The van der Waals surface area contributed by atoms with E-state index in [1.54, 1.807) is 0 Å². The third-order valence-electron chi connectivity index (χ3n) is 3.27. The quantitative estimate of drug-likeness (QED) is 0.755. The smallest absolute Gasteiger partial charge is 0.163 e. The van der Waals surface area contributed by atoms with Crippen LogP contribution in [0.2, 0.25) is 0 Å². The van der Waals surface area contributed by atoms with E-state index >= 15 is 0 Å². The Labute approximate surface area is 121 Å². The number of rotatable bonds is 7. The van der Waals surface area contributed by atoms with Crippen molar-refractivity contribution in [3.63, 3.8) is 0 Å². The van der Waals surface area contributed by atoms with E-state index in [1.165, 1.54) is 0 Å². The number of hydrogen-bond acceptors (Lipinski definition) is 3. The Morgan fingerprint density at radius 1 is 0.750 bits per heavy atom. The fourth-order valence-electron chi connectivity index (χ4n) is 2.08. The number of benzene rings is 1. The molecule has 2 rings (SSSR count). The molecule has 0 radical (unpaired) electrons. The molecule has 0 saturated carbocycles. The predicted octanol–water partition coefficient (Wildman–Crippen LogP) is 4.22. The molecule has 0 N–H and O–H groups in total. The van der Waals surface area contributed by atoms with Crippen LogP contribution in [0.3, 0.4) is 0 Å². The summed E-state index contributed by atoms with van der Waals surface area (Å²) in [4.78, 5) is 13.9. The van der Waals surface area contributed by atoms with Crippen LogP contribution in [0.25, 0.3) is 11.4 Å². The Balaban J connectivity index is 2.29. The minimum Gasteiger partial charge on any atom is -0.218 e. The van der Waals surface area contributed by atoms with Crippen LogP contribution >= 0.6 is 0 Å². The Morgan fingerprint density at radius 3 is 1.80 bits per heavy atom. The van der Waals surface area contributed by atoms with E-state index in [1.807, 2.05) is 18.2 Å². The molecule has 106 valence electrons. The molecule has 3 nitrogen and oxygen atoms in total. The van der Waals surface area contributed by atoms with Gasteiger partial charge >= 0.3 is 0 Å². The molecular weight excluding hydrogens is 246 g/mol. The first-order valence-corrected chi connectivity index (χ1v) is 7.62. The number of hydrogen-bond donors (Lipinski definition) is 0. The molecule has 0 aliphatic heterocycles. The third-order valence-corrected chi connectivity index (χ3v) is 3.27. The summed E-state index contributed by atoms with van der Waals surface area (Å²) in [6.07, 6.45) is 6.47. The van der Waals surface area contributed by atoms with Gasteiger partial charge in [0.1, 0.15) is 11.6 Å². The lowest BCUT2D eigenvalue weighted by molar-refractivity contribution is 0.702. The van der Waals surface area contributed by atoms with Gasteiger partial charge in [0.25, 0.3) is 0 Å². The van der Waals surface area contributed by atoms with Crippen LogP contribution in [0.1, 0.15) is 51.2 Å². The van der Waals surface area contributed by atoms with Gasteiger partial charge in [0, 0.05) is 18.4 Å². The van der Waals surface area contributed by atoms with Crippen LogP contribution in [0, 0.1) is 0 Å². The van der Waals surface area contributed by atoms with Gasteiger partial charge in [-0.25, -0.2) is 15.0 Å². The van der Waals surface area contributed by atoms with Crippen molar-refractivity contribution in [2.45, 2.75) is 52.4 Å². The maximum atomic E-state index is 4.63. The summed E-state index contributed by atoms with van der Waals surface area (Å²) in [6, 6.07) is 10.2. The Kier molecular flexibility index (Phi) is 5.66. The summed E-state index contributed by atoms with van der Waals surface area (Å²) in [6.45, 7) is 4.38. The van der Waals surface area contributed by atoms with Crippen LogP contribution in [-0.4, -0.2) is 15.0 Å². The molecular formula is C17H23N3. The van der Waals surface area contributed by atoms with Gasteiger partial charge < -0.3 is 0 Å². The average Bonchev–Trinajstić information content (AvgIpc) is 2.51. The molecule has 0 unspecified atom stereocenters. The van der Waals surface area contributed by atoms with E-state index in [0.29, 0.717) is 0 Å². The highest BCUT2D eigenvalue weighted by Crippen LogP contribution is 2.15. The largest absolute Gasteiger partial charge is 0.218 e. The monoisotopic (exact) mass is 269 g/mol. The summed E-state index contributed by atoms with van der Waals surface area (Å²) in [5.74, 6) is 2.69. The maximum Gasteiger partial charge on any atom is 0.163 e. The molecule has 1 aromatic heterocycles. The van der Waals surface area contributed by atoms with Gasteiger partial charge in [-0.1, -0.05) is 57.0 Å². The summed E-state index contributed by atoms with van der Waals surface area (Å²) < 4.78 is 0. The van der Waals surface area contributed by atoms with E-state index < -0.39 is 0 Å². The molecule has 0 amide bonds. The van der Waals surface area contributed by atoms with Gasteiger partial charge in [0.2, 0.25) is 0 Å². The van der Waals surface area contributed by atoms with Gasteiger partial charge in [0.05, 0.1) is 0 Å². The second kappa shape index (κ2) is 7.73. The predicted molar refractivity (Wildman–Crippen MR) is 82.5 cm³/mol. The molecule has 0 saturated heterocycles. The normalized spacial score (nSPS) is 10.7. The van der Waals surface area contributed by atoms with Crippen molar-refractivity contribution in [1.82, 2.24) is 15.0 Å². The first-order chi connectivity index (χ1) is 9.83. The second-order valence-corrected chi connectivity index (χ2v) is 5.06. The fraction of sp³-hybridized carbons (Fsp3) is 0.471. The second-order valence-electron chi connectivity index (χ2n) is 5.06. The third kappa shape index (κ3) is 4.12. The topological polar surface area (TPSA) is 38.7 Å². The van der Waals surface area contributed by atoms with E-state index in [0.717, 1.165) is 61.6 Å². The standard InChI is InChI=1S/C17H23N3/c1-3-5-12-15-18-16(13-6-4-2)20-17(19-15)14-10-8-7-9-11-14/h7-11H,3-6,12-13H2,1-2H3. The highest BCUT2D eigenvalue weighted by atomic mass is 15.0. The van der Waals surface area contributed by atoms with Crippen LogP contribution in [-0.2, 0) is 12.8 Å². The van der Waals surface area contributed by atoms with Crippen LogP contribution in [0.5, 0.6) is 0 Å². The van der Waals surface area contributed by atoms with Crippen molar-refractivity contribution in [3.05, 3.63) is 42.0 Å². The highest BCUT2D eigenvalue weighted by molar-refractivity contribution is 5.54. The molecule has 0 fully saturated rings. The number of unbranched alkanes of at least 4 members (excludes halogenated alkanes) is 2. The van der Waals surface area contributed by atoms with E-state index in [4.69, 9.17) is 0 Å². The van der Waals surface area contributed by atoms with Crippen LogP contribution < -0.4 is 0 Å². The minimum atomic E-state index is 0.817. The van der Waals surface area contributed by atoms with Crippen LogP contribution in [0.15, 0.2) is 30.3 Å².